The standard InChI is InChI=1S/C9H14FNO2/c10-8(9(12)13)7-5-11-3-1-6(7)2-4-11/h6-8H,1-5H2,(H,12,13). The zero-order chi connectivity index (χ0) is 9.42. The Kier molecular flexibility index (Phi) is 2.24. The summed E-state index contributed by atoms with van der Waals surface area (Å²) >= 11 is 0. The van der Waals surface area contributed by atoms with Gasteiger partial charge in [-0.2, -0.15) is 0 Å². The second kappa shape index (κ2) is 3.25. The average Bonchev–Trinajstić information content (AvgIpc) is 2.18. The molecule has 0 amide bonds. The quantitative estimate of drug-likeness (QED) is 0.693. The molecule has 0 aromatic carbocycles. The number of fused-ring (bicyclic) bond motifs is 3. The SMILES string of the molecule is O=C(O)C(F)C1CN2CCC1CC2. The molecule has 3 heterocycles. The molecule has 2 unspecified atom stereocenters. The Labute approximate surface area is 76.5 Å². The fourth-order valence-electron chi connectivity index (χ4n) is 2.53. The molecule has 13 heavy (non-hydrogen) atoms. The molecule has 0 spiro atoms. The molecule has 2 bridgehead atoms. The normalized spacial score (nSPS) is 40.2. The monoisotopic (exact) mass is 187 g/mol. The van der Waals surface area contributed by atoms with E-state index in [0.717, 1.165) is 25.9 Å². The molecule has 0 aromatic heterocycles. The van der Waals surface area contributed by atoms with E-state index in [1.807, 2.05) is 0 Å². The molecular weight excluding hydrogens is 173 g/mol. The average molecular weight is 187 g/mol. The predicted octanol–water partition coefficient (Wildman–Crippen LogP) is 0.751. The Morgan fingerprint density at radius 2 is 2.08 bits per heavy atom. The zero-order valence-electron chi connectivity index (χ0n) is 7.45. The van der Waals surface area contributed by atoms with Crippen LogP contribution in [0.2, 0.25) is 0 Å². The lowest BCUT2D eigenvalue weighted by Gasteiger charge is -2.45. The number of nitrogens with zero attached hydrogens (tertiary/aromatic N) is 1. The van der Waals surface area contributed by atoms with Crippen molar-refractivity contribution in [1.82, 2.24) is 4.90 Å². The molecule has 1 N–H and O–H groups in total. The van der Waals surface area contributed by atoms with Crippen LogP contribution in [0.25, 0.3) is 0 Å². The first-order valence-corrected chi connectivity index (χ1v) is 4.77. The maximum absolute atomic E-state index is 13.2. The van der Waals surface area contributed by atoms with Crippen molar-refractivity contribution in [3.8, 4) is 0 Å². The summed E-state index contributed by atoms with van der Waals surface area (Å²) < 4.78 is 13.2. The molecule has 74 valence electrons. The van der Waals surface area contributed by atoms with Gasteiger partial charge in [-0.1, -0.05) is 0 Å². The van der Waals surface area contributed by atoms with Gasteiger partial charge >= 0.3 is 5.97 Å². The third-order valence-electron chi connectivity index (χ3n) is 3.32. The number of carboxylic acids is 1. The maximum atomic E-state index is 13.2. The minimum absolute atomic E-state index is 0.264. The van der Waals surface area contributed by atoms with Crippen molar-refractivity contribution < 1.29 is 14.3 Å². The minimum Gasteiger partial charge on any atom is -0.479 e. The molecule has 0 aliphatic carbocycles. The summed E-state index contributed by atoms with van der Waals surface area (Å²) in [4.78, 5) is 12.6. The second-order valence-corrected chi connectivity index (χ2v) is 4.04. The van der Waals surface area contributed by atoms with E-state index in [1.54, 1.807) is 0 Å². The summed E-state index contributed by atoms with van der Waals surface area (Å²) in [5.41, 5.74) is 0. The smallest absolute Gasteiger partial charge is 0.338 e. The molecule has 3 nitrogen and oxygen atoms in total. The van der Waals surface area contributed by atoms with Crippen LogP contribution < -0.4 is 0 Å². The van der Waals surface area contributed by atoms with Gasteiger partial charge in [0.2, 0.25) is 6.17 Å². The van der Waals surface area contributed by atoms with Crippen LogP contribution in [0.1, 0.15) is 12.8 Å². The van der Waals surface area contributed by atoms with Gasteiger partial charge in [0.1, 0.15) is 0 Å². The highest BCUT2D eigenvalue weighted by atomic mass is 19.1. The number of rotatable bonds is 2. The molecule has 2 atom stereocenters. The molecule has 3 saturated heterocycles. The molecule has 3 fully saturated rings. The second-order valence-electron chi connectivity index (χ2n) is 4.04. The Bertz CT molecular complexity index is 214. The zero-order valence-corrected chi connectivity index (χ0v) is 7.45. The first-order chi connectivity index (χ1) is 6.18. The van der Waals surface area contributed by atoms with E-state index in [-0.39, 0.29) is 5.92 Å². The van der Waals surface area contributed by atoms with Gasteiger partial charge in [-0.05, 0) is 31.8 Å². The number of carboxylic acid groups (broad SMARTS) is 1. The summed E-state index contributed by atoms with van der Waals surface area (Å²) in [6, 6.07) is 0. The first kappa shape index (κ1) is 8.94. The largest absolute Gasteiger partial charge is 0.479 e. The van der Waals surface area contributed by atoms with Crippen LogP contribution in [0, 0.1) is 11.8 Å². The number of aliphatic carboxylic acids is 1. The van der Waals surface area contributed by atoms with E-state index in [1.165, 1.54) is 0 Å². The highest BCUT2D eigenvalue weighted by Crippen LogP contribution is 2.35. The van der Waals surface area contributed by atoms with Gasteiger partial charge in [0.15, 0.2) is 0 Å². The van der Waals surface area contributed by atoms with Gasteiger partial charge in [0, 0.05) is 12.5 Å². The topological polar surface area (TPSA) is 40.5 Å². The lowest BCUT2D eigenvalue weighted by molar-refractivity contribution is -0.148. The highest BCUT2D eigenvalue weighted by Gasteiger charge is 2.41. The minimum atomic E-state index is -1.66. The third-order valence-corrected chi connectivity index (χ3v) is 3.32. The molecule has 3 aliphatic heterocycles. The number of alkyl halides is 1. The number of piperidine rings is 3. The Hall–Kier alpha value is -0.640. The fourth-order valence-corrected chi connectivity index (χ4v) is 2.53. The van der Waals surface area contributed by atoms with Crippen LogP contribution in [-0.2, 0) is 4.79 Å². The van der Waals surface area contributed by atoms with Crippen molar-refractivity contribution in [3.05, 3.63) is 0 Å². The van der Waals surface area contributed by atoms with Crippen LogP contribution in [0.4, 0.5) is 4.39 Å². The van der Waals surface area contributed by atoms with Crippen LogP contribution in [0.15, 0.2) is 0 Å². The summed E-state index contributed by atoms with van der Waals surface area (Å²) in [7, 11) is 0. The molecule has 3 rings (SSSR count). The lowest BCUT2D eigenvalue weighted by atomic mass is 9.77. The molecule has 3 aliphatic rings. The van der Waals surface area contributed by atoms with E-state index in [4.69, 9.17) is 5.11 Å². The summed E-state index contributed by atoms with van der Waals surface area (Å²) in [5.74, 6) is -1.25. The van der Waals surface area contributed by atoms with Crippen LogP contribution >= 0.6 is 0 Å². The summed E-state index contributed by atoms with van der Waals surface area (Å²) in [6.45, 7) is 2.68. The summed E-state index contributed by atoms with van der Waals surface area (Å²) in [6.07, 6.45) is 0.282. The maximum Gasteiger partial charge on any atom is 0.338 e. The van der Waals surface area contributed by atoms with Crippen molar-refractivity contribution in [3.63, 3.8) is 0 Å². The van der Waals surface area contributed by atoms with Gasteiger partial charge in [-0.15, -0.1) is 0 Å². The lowest BCUT2D eigenvalue weighted by Crippen LogP contribution is -2.51. The number of hydrogen-bond donors (Lipinski definition) is 1. The van der Waals surface area contributed by atoms with Gasteiger partial charge < -0.3 is 10.0 Å². The number of hydrogen-bond acceptors (Lipinski definition) is 2. The van der Waals surface area contributed by atoms with Crippen molar-refractivity contribution >= 4 is 5.97 Å². The molecule has 0 radical (unpaired) electrons. The summed E-state index contributed by atoms with van der Waals surface area (Å²) in [5, 5.41) is 8.57. The fraction of sp³-hybridized carbons (Fsp3) is 0.889. The third kappa shape index (κ3) is 1.55. The van der Waals surface area contributed by atoms with E-state index in [2.05, 4.69) is 4.90 Å². The first-order valence-electron chi connectivity index (χ1n) is 4.77. The molecular formula is C9H14FNO2. The van der Waals surface area contributed by atoms with Crippen molar-refractivity contribution in [1.29, 1.82) is 0 Å². The molecule has 4 heteroatoms. The molecule has 0 aromatic rings. The number of halogens is 1. The van der Waals surface area contributed by atoms with Crippen LogP contribution in [0.3, 0.4) is 0 Å². The van der Waals surface area contributed by atoms with E-state index < -0.39 is 12.1 Å². The predicted molar refractivity (Wildman–Crippen MR) is 45.2 cm³/mol. The van der Waals surface area contributed by atoms with Crippen molar-refractivity contribution in [2.75, 3.05) is 19.6 Å². The van der Waals surface area contributed by atoms with E-state index in [9.17, 15) is 9.18 Å². The molecule has 0 saturated carbocycles. The van der Waals surface area contributed by atoms with Crippen molar-refractivity contribution in [2.45, 2.75) is 19.0 Å². The Morgan fingerprint density at radius 3 is 2.46 bits per heavy atom. The van der Waals surface area contributed by atoms with Crippen molar-refractivity contribution in [2.24, 2.45) is 11.8 Å². The van der Waals surface area contributed by atoms with E-state index in [0.29, 0.717) is 12.5 Å². The van der Waals surface area contributed by atoms with Gasteiger partial charge in [0.05, 0.1) is 0 Å². The van der Waals surface area contributed by atoms with Gasteiger partial charge in [-0.25, -0.2) is 9.18 Å². The Balaban J connectivity index is 2.04. The van der Waals surface area contributed by atoms with Gasteiger partial charge in [-0.3, -0.25) is 0 Å². The Morgan fingerprint density at radius 1 is 1.46 bits per heavy atom. The highest BCUT2D eigenvalue weighted by molar-refractivity contribution is 5.72. The van der Waals surface area contributed by atoms with Crippen LogP contribution in [-0.4, -0.2) is 41.8 Å². The van der Waals surface area contributed by atoms with E-state index >= 15 is 0 Å². The van der Waals surface area contributed by atoms with Crippen LogP contribution in [0.5, 0.6) is 0 Å². The number of carbonyl (C=O) groups is 1. The van der Waals surface area contributed by atoms with Gasteiger partial charge in [0.25, 0.3) is 0 Å².